The summed E-state index contributed by atoms with van der Waals surface area (Å²) in [6, 6.07) is 2.34. The van der Waals surface area contributed by atoms with Gasteiger partial charge < -0.3 is 5.73 Å². The molecule has 116 valence electrons. The Morgan fingerprint density at radius 3 is 2.81 bits per heavy atom. The zero-order chi connectivity index (χ0) is 15.6. The summed E-state index contributed by atoms with van der Waals surface area (Å²) < 4.78 is 27.2. The molecule has 1 heterocycles. The van der Waals surface area contributed by atoms with Gasteiger partial charge in [0.15, 0.2) is 0 Å². The normalized spacial score (nSPS) is 18.8. The fourth-order valence-corrected chi connectivity index (χ4v) is 4.84. The third kappa shape index (κ3) is 3.66. The predicted molar refractivity (Wildman–Crippen MR) is 82.9 cm³/mol. The topological polar surface area (TPSA) is 115 Å². The van der Waals surface area contributed by atoms with Gasteiger partial charge in [-0.3, -0.25) is 10.1 Å². The van der Waals surface area contributed by atoms with E-state index in [2.05, 4.69) is 4.72 Å². The molecule has 0 radical (unpaired) electrons. The quantitative estimate of drug-likeness (QED) is 0.480. The van der Waals surface area contributed by atoms with E-state index in [9.17, 15) is 18.5 Å². The molecule has 1 fully saturated rings. The number of anilines is 1. The Bertz CT molecular complexity index is 655. The lowest BCUT2D eigenvalue weighted by molar-refractivity contribution is -0.384. The number of rotatable bonds is 5. The van der Waals surface area contributed by atoms with Crippen LogP contribution in [-0.4, -0.2) is 31.4 Å². The minimum absolute atomic E-state index is 0.0383. The van der Waals surface area contributed by atoms with Gasteiger partial charge in [-0.15, -0.1) is 0 Å². The molecule has 1 aliphatic heterocycles. The number of nitro benzene ring substituents is 1. The summed E-state index contributed by atoms with van der Waals surface area (Å²) in [7, 11) is -3.77. The highest BCUT2D eigenvalue weighted by Crippen LogP contribution is 2.28. The molecule has 0 amide bonds. The van der Waals surface area contributed by atoms with Crippen LogP contribution in [0.3, 0.4) is 0 Å². The summed E-state index contributed by atoms with van der Waals surface area (Å²) in [6.45, 7) is 1.92. The van der Waals surface area contributed by atoms with Crippen LogP contribution >= 0.6 is 11.8 Å². The fourth-order valence-electron chi connectivity index (χ4n) is 2.20. The number of benzene rings is 1. The molecule has 2 rings (SSSR count). The van der Waals surface area contributed by atoms with E-state index >= 15 is 0 Å². The first-order valence-electron chi connectivity index (χ1n) is 6.43. The molecule has 0 aliphatic carbocycles. The molecule has 9 heteroatoms. The van der Waals surface area contributed by atoms with E-state index < -0.39 is 20.6 Å². The van der Waals surface area contributed by atoms with Gasteiger partial charge >= 0.3 is 0 Å². The van der Waals surface area contributed by atoms with Crippen molar-refractivity contribution in [3.8, 4) is 0 Å². The maximum Gasteiger partial charge on any atom is 0.293 e. The molecule has 0 bridgehead atoms. The van der Waals surface area contributed by atoms with E-state index in [0.717, 1.165) is 24.0 Å². The van der Waals surface area contributed by atoms with Gasteiger partial charge in [0.25, 0.3) is 5.69 Å². The molecule has 0 saturated carbocycles. The second-order valence-electron chi connectivity index (χ2n) is 5.02. The Kier molecular flexibility index (Phi) is 4.74. The number of sulfonamides is 1. The molecule has 3 N–H and O–H groups in total. The van der Waals surface area contributed by atoms with Crippen molar-refractivity contribution in [3.63, 3.8) is 0 Å². The highest BCUT2D eigenvalue weighted by molar-refractivity contribution is 7.99. The summed E-state index contributed by atoms with van der Waals surface area (Å²) in [5.41, 5.74) is 5.51. The van der Waals surface area contributed by atoms with Crippen molar-refractivity contribution >= 4 is 33.2 Å². The Morgan fingerprint density at radius 2 is 2.24 bits per heavy atom. The third-order valence-electron chi connectivity index (χ3n) is 3.40. The van der Waals surface area contributed by atoms with Crippen LogP contribution in [0.5, 0.6) is 0 Å². The average Bonchev–Trinajstić information content (AvgIpc) is 2.88. The predicted octanol–water partition coefficient (Wildman–Crippen LogP) is 1.52. The first kappa shape index (κ1) is 16.1. The fraction of sp³-hybridized carbons (Fsp3) is 0.500. The Labute approximate surface area is 127 Å². The van der Waals surface area contributed by atoms with Crippen LogP contribution in [0.15, 0.2) is 17.0 Å². The van der Waals surface area contributed by atoms with Crippen LogP contribution in [0, 0.1) is 23.0 Å². The van der Waals surface area contributed by atoms with Crippen molar-refractivity contribution < 1.29 is 13.3 Å². The second-order valence-corrected chi connectivity index (χ2v) is 7.90. The Morgan fingerprint density at radius 1 is 1.52 bits per heavy atom. The smallest absolute Gasteiger partial charge is 0.293 e. The number of nitrogens with zero attached hydrogens (tertiary/aromatic N) is 1. The molecular formula is C12H17N3O4S2. The largest absolute Gasteiger partial charge is 0.393 e. The molecule has 1 aromatic rings. The van der Waals surface area contributed by atoms with Crippen LogP contribution < -0.4 is 10.5 Å². The van der Waals surface area contributed by atoms with Gasteiger partial charge in [0.2, 0.25) is 10.0 Å². The molecule has 1 aliphatic rings. The lowest BCUT2D eigenvalue weighted by Crippen LogP contribution is -2.30. The SMILES string of the molecule is Cc1cc(N)c([N+](=O)[O-])cc1S(=O)(=O)NCC1CCSC1. The maximum absolute atomic E-state index is 12.3. The molecule has 1 atom stereocenters. The van der Waals surface area contributed by atoms with Crippen molar-refractivity contribution in [2.24, 2.45) is 5.92 Å². The third-order valence-corrected chi connectivity index (χ3v) is 6.19. The van der Waals surface area contributed by atoms with Crippen molar-refractivity contribution in [3.05, 3.63) is 27.8 Å². The van der Waals surface area contributed by atoms with Gasteiger partial charge in [0.05, 0.1) is 9.82 Å². The van der Waals surface area contributed by atoms with Gasteiger partial charge in [-0.25, -0.2) is 13.1 Å². The van der Waals surface area contributed by atoms with Crippen molar-refractivity contribution in [2.75, 3.05) is 23.8 Å². The van der Waals surface area contributed by atoms with Gasteiger partial charge in [-0.1, -0.05) is 0 Å². The highest BCUT2D eigenvalue weighted by Gasteiger charge is 2.24. The lowest BCUT2D eigenvalue weighted by atomic mass is 10.1. The first-order chi connectivity index (χ1) is 9.81. The number of aryl methyl sites for hydroxylation is 1. The zero-order valence-electron chi connectivity index (χ0n) is 11.5. The van der Waals surface area contributed by atoms with E-state index in [1.807, 2.05) is 0 Å². The van der Waals surface area contributed by atoms with Crippen LogP contribution in [0.2, 0.25) is 0 Å². The highest BCUT2D eigenvalue weighted by atomic mass is 32.2. The van der Waals surface area contributed by atoms with Crippen molar-refractivity contribution in [2.45, 2.75) is 18.2 Å². The monoisotopic (exact) mass is 331 g/mol. The Balaban J connectivity index is 2.26. The molecule has 21 heavy (non-hydrogen) atoms. The number of hydrogen-bond donors (Lipinski definition) is 2. The van der Waals surface area contributed by atoms with Gasteiger partial charge in [-0.2, -0.15) is 11.8 Å². The summed E-state index contributed by atoms with van der Waals surface area (Å²) in [4.78, 5) is 10.1. The molecule has 1 unspecified atom stereocenters. The summed E-state index contributed by atoms with van der Waals surface area (Å²) in [6.07, 6.45) is 0.980. The number of hydrogen-bond acceptors (Lipinski definition) is 6. The summed E-state index contributed by atoms with van der Waals surface area (Å²) >= 11 is 1.80. The average molecular weight is 331 g/mol. The van der Waals surface area contributed by atoms with E-state index in [-0.39, 0.29) is 10.6 Å². The van der Waals surface area contributed by atoms with Crippen molar-refractivity contribution in [1.82, 2.24) is 4.72 Å². The van der Waals surface area contributed by atoms with E-state index in [1.54, 1.807) is 18.7 Å². The minimum Gasteiger partial charge on any atom is -0.393 e. The van der Waals surface area contributed by atoms with Gasteiger partial charge in [0, 0.05) is 12.6 Å². The van der Waals surface area contributed by atoms with Crippen molar-refractivity contribution in [1.29, 1.82) is 0 Å². The summed E-state index contributed by atoms with van der Waals surface area (Å²) in [5, 5.41) is 10.9. The van der Waals surface area contributed by atoms with E-state index in [1.165, 1.54) is 6.07 Å². The van der Waals surface area contributed by atoms with Crippen LogP contribution in [0.25, 0.3) is 0 Å². The lowest BCUT2D eigenvalue weighted by Gasteiger charge is -2.13. The number of thioether (sulfide) groups is 1. The number of nitrogen functional groups attached to an aromatic ring is 1. The first-order valence-corrected chi connectivity index (χ1v) is 9.07. The maximum atomic E-state index is 12.3. The minimum atomic E-state index is -3.77. The van der Waals surface area contributed by atoms with E-state index in [0.29, 0.717) is 18.0 Å². The van der Waals surface area contributed by atoms with E-state index in [4.69, 9.17) is 5.73 Å². The number of nitrogens with one attached hydrogen (secondary N) is 1. The van der Waals surface area contributed by atoms with Crippen LogP contribution in [-0.2, 0) is 10.0 Å². The van der Waals surface area contributed by atoms with Gasteiger partial charge in [-0.05, 0) is 42.4 Å². The summed E-state index contributed by atoms with van der Waals surface area (Å²) in [5.74, 6) is 2.29. The molecular weight excluding hydrogens is 314 g/mol. The standard InChI is InChI=1S/C12H17N3O4S2/c1-8-4-10(13)11(15(16)17)5-12(8)21(18,19)14-6-9-2-3-20-7-9/h4-5,9,14H,2-3,6-7,13H2,1H3. The second kappa shape index (κ2) is 6.20. The molecule has 1 saturated heterocycles. The Hall–Kier alpha value is -1.32. The zero-order valence-corrected chi connectivity index (χ0v) is 13.2. The number of nitro groups is 1. The molecule has 0 spiro atoms. The van der Waals surface area contributed by atoms with Crippen LogP contribution in [0.4, 0.5) is 11.4 Å². The molecule has 0 aromatic heterocycles. The van der Waals surface area contributed by atoms with Gasteiger partial charge in [0.1, 0.15) is 5.69 Å². The van der Waals surface area contributed by atoms with Crippen LogP contribution in [0.1, 0.15) is 12.0 Å². The number of nitrogens with two attached hydrogens (primary N) is 1. The molecule has 7 nitrogen and oxygen atoms in total. The molecule has 1 aromatic carbocycles.